The number of aromatic nitrogens is 2. The second-order valence-corrected chi connectivity index (χ2v) is 11.8. The van der Waals surface area contributed by atoms with Gasteiger partial charge in [-0.15, -0.1) is 0 Å². The van der Waals surface area contributed by atoms with Crippen molar-refractivity contribution >= 4 is 35.0 Å². The molecule has 0 aliphatic carbocycles. The van der Waals surface area contributed by atoms with Gasteiger partial charge in [-0.1, -0.05) is 23.9 Å². The highest BCUT2D eigenvalue weighted by Gasteiger charge is 2.34. The Labute approximate surface area is 280 Å². The smallest absolute Gasteiger partial charge is 0.251 e. The number of ether oxygens (including phenoxy) is 4. The van der Waals surface area contributed by atoms with Crippen molar-refractivity contribution in [3.05, 3.63) is 89.2 Å². The third kappa shape index (κ3) is 8.85. The zero-order valence-corrected chi connectivity index (χ0v) is 28.8. The molecule has 4 rings (SSSR count). The number of carbonyl (C=O) groups excluding carboxylic acids is 2. The Morgan fingerprint density at radius 3 is 1.91 bits per heavy atom. The molecule has 0 saturated heterocycles. The van der Waals surface area contributed by atoms with Crippen LogP contribution >= 0.6 is 11.8 Å². The maximum atomic E-state index is 14.4. The van der Waals surface area contributed by atoms with E-state index >= 15 is 0 Å². The number of benzene rings is 3. The second-order valence-electron chi connectivity index (χ2n) is 10.9. The summed E-state index contributed by atoms with van der Waals surface area (Å²) >= 11 is 1.22. The first-order chi connectivity index (χ1) is 22.6. The van der Waals surface area contributed by atoms with E-state index < -0.39 is 11.9 Å². The zero-order valence-electron chi connectivity index (χ0n) is 28.0. The average Bonchev–Trinajstić information content (AvgIpc) is 3.06. The summed E-state index contributed by atoms with van der Waals surface area (Å²) in [6.45, 7) is 3.88. The number of aryl methyl sites for hydroxylation is 2. The van der Waals surface area contributed by atoms with Crippen LogP contribution in [-0.2, 0) is 16.1 Å². The van der Waals surface area contributed by atoms with Crippen LogP contribution in [0.3, 0.4) is 0 Å². The number of nitrogens with one attached hydrogen (secondary N) is 1. The summed E-state index contributed by atoms with van der Waals surface area (Å²) in [6, 6.07) is 19.0. The predicted molar refractivity (Wildman–Crippen MR) is 184 cm³/mol. The maximum absolute atomic E-state index is 14.4. The van der Waals surface area contributed by atoms with Crippen LogP contribution in [0.25, 0.3) is 0 Å². The third-order valence-corrected chi connectivity index (χ3v) is 8.16. The number of nitrogens with zero attached hydrogens (tertiary/aromatic N) is 4. The van der Waals surface area contributed by atoms with Crippen LogP contribution in [-0.4, -0.2) is 75.0 Å². The van der Waals surface area contributed by atoms with Gasteiger partial charge in [-0.05, 0) is 79.6 Å². The van der Waals surface area contributed by atoms with Gasteiger partial charge in [0.15, 0.2) is 16.7 Å². The predicted octanol–water partition coefficient (Wildman–Crippen LogP) is 5.69. The number of thioether (sulfide) groups is 1. The Balaban J connectivity index is 1.81. The molecule has 0 fully saturated rings. The SMILES string of the molecule is COc1ccc(CN(C(=O)CSc2nc(C)cc(C)n2)[C@@H](C(=O)Nc2ccc(N(C)C)cc2)c2cc(OC)c(OC)c(OC)c2)cc1. The Kier molecular flexibility index (Phi) is 11.9. The molecule has 0 radical (unpaired) electrons. The molecule has 3 aromatic carbocycles. The molecule has 0 spiro atoms. The minimum atomic E-state index is -1.10. The van der Waals surface area contributed by atoms with E-state index in [9.17, 15) is 9.59 Å². The van der Waals surface area contributed by atoms with Gasteiger partial charge in [-0.25, -0.2) is 9.97 Å². The Hall–Kier alpha value is -4.97. The monoisotopic (exact) mass is 659 g/mol. The van der Waals surface area contributed by atoms with Crippen LogP contribution in [0.2, 0.25) is 0 Å². The summed E-state index contributed by atoms with van der Waals surface area (Å²) in [5, 5.41) is 3.50. The minimum Gasteiger partial charge on any atom is -0.497 e. The number of anilines is 2. The number of hydrogen-bond acceptors (Lipinski definition) is 10. The van der Waals surface area contributed by atoms with Gasteiger partial charge in [-0.3, -0.25) is 9.59 Å². The molecule has 0 aliphatic heterocycles. The van der Waals surface area contributed by atoms with Gasteiger partial charge >= 0.3 is 0 Å². The Bertz CT molecular complexity index is 1640. The zero-order chi connectivity index (χ0) is 34.1. The van der Waals surface area contributed by atoms with Gasteiger partial charge in [0.2, 0.25) is 11.7 Å². The van der Waals surface area contributed by atoms with Crippen LogP contribution in [0, 0.1) is 13.8 Å². The van der Waals surface area contributed by atoms with Gasteiger partial charge < -0.3 is 34.1 Å². The van der Waals surface area contributed by atoms with Crippen molar-refractivity contribution in [1.82, 2.24) is 14.9 Å². The van der Waals surface area contributed by atoms with Gasteiger partial charge in [0, 0.05) is 43.4 Å². The summed E-state index contributed by atoms with van der Waals surface area (Å²) in [6.07, 6.45) is 0. The average molecular weight is 660 g/mol. The van der Waals surface area contributed by atoms with Crippen LogP contribution in [0.5, 0.6) is 23.0 Å². The quantitative estimate of drug-likeness (QED) is 0.134. The summed E-state index contributed by atoms with van der Waals surface area (Å²) in [5.41, 5.74) is 4.43. The molecule has 1 aromatic heterocycles. The van der Waals surface area contributed by atoms with Crippen molar-refractivity contribution in [2.24, 2.45) is 0 Å². The lowest BCUT2D eigenvalue weighted by Gasteiger charge is -2.32. The molecule has 248 valence electrons. The van der Waals surface area contributed by atoms with Gasteiger partial charge in [0.05, 0.1) is 34.2 Å². The molecule has 0 bridgehead atoms. The first kappa shape index (κ1) is 34.9. The first-order valence-corrected chi connectivity index (χ1v) is 15.8. The fourth-order valence-electron chi connectivity index (χ4n) is 5.00. The molecule has 12 heteroatoms. The Morgan fingerprint density at radius 2 is 1.40 bits per heavy atom. The molecule has 2 amide bonds. The molecule has 0 saturated carbocycles. The molecule has 0 aliphatic rings. The Morgan fingerprint density at radius 1 is 0.809 bits per heavy atom. The number of carbonyl (C=O) groups is 2. The molecular formula is C35H41N5O6S. The lowest BCUT2D eigenvalue weighted by Crippen LogP contribution is -2.42. The summed E-state index contributed by atoms with van der Waals surface area (Å²) in [7, 11) is 9.99. The maximum Gasteiger partial charge on any atom is 0.251 e. The normalized spacial score (nSPS) is 11.3. The molecule has 1 atom stereocenters. The fraction of sp³-hybridized carbons (Fsp3) is 0.314. The van der Waals surface area contributed by atoms with Gasteiger partial charge in [-0.2, -0.15) is 0 Å². The standard InChI is InChI=1S/C35H41N5O6S/c1-22-17-23(2)37-35(36-22)47-21-31(41)40(20-24-9-15-28(43-5)16-10-24)32(25-18-29(44-6)33(46-8)30(19-25)45-7)34(42)38-26-11-13-27(14-12-26)39(3)4/h9-19,32H,20-21H2,1-8H3,(H,38,42)/t32-/m1/s1. The molecule has 11 nitrogen and oxygen atoms in total. The van der Waals surface area contributed by atoms with E-state index in [1.54, 1.807) is 24.1 Å². The molecule has 1 N–H and O–H groups in total. The summed E-state index contributed by atoms with van der Waals surface area (Å²) in [4.78, 5) is 41.2. The molecular weight excluding hydrogens is 618 g/mol. The van der Waals surface area contributed by atoms with Crippen molar-refractivity contribution in [3.8, 4) is 23.0 Å². The van der Waals surface area contributed by atoms with Gasteiger partial charge in [0.25, 0.3) is 5.91 Å². The van der Waals surface area contributed by atoms with Crippen molar-refractivity contribution in [3.63, 3.8) is 0 Å². The lowest BCUT2D eigenvalue weighted by atomic mass is 10.0. The number of hydrogen-bond donors (Lipinski definition) is 1. The van der Waals surface area contributed by atoms with E-state index in [2.05, 4.69) is 15.3 Å². The van der Waals surface area contributed by atoms with E-state index in [1.807, 2.05) is 87.4 Å². The molecule has 47 heavy (non-hydrogen) atoms. The van der Waals surface area contributed by atoms with E-state index in [0.29, 0.717) is 39.4 Å². The van der Waals surface area contributed by atoms with Crippen molar-refractivity contribution < 1.29 is 28.5 Å². The van der Waals surface area contributed by atoms with E-state index in [1.165, 1.54) is 33.1 Å². The van der Waals surface area contributed by atoms with Crippen LogP contribution in [0.1, 0.15) is 28.6 Å². The van der Waals surface area contributed by atoms with Crippen molar-refractivity contribution in [2.45, 2.75) is 31.6 Å². The first-order valence-electron chi connectivity index (χ1n) is 14.8. The lowest BCUT2D eigenvalue weighted by molar-refractivity contribution is -0.137. The number of amides is 2. The molecule has 1 heterocycles. The minimum absolute atomic E-state index is 0.00914. The van der Waals surface area contributed by atoms with E-state index in [4.69, 9.17) is 18.9 Å². The van der Waals surface area contributed by atoms with Crippen LogP contribution in [0.15, 0.2) is 71.9 Å². The largest absolute Gasteiger partial charge is 0.497 e. The van der Waals surface area contributed by atoms with Crippen LogP contribution < -0.4 is 29.2 Å². The summed E-state index contributed by atoms with van der Waals surface area (Å²) in [5.74, 6) is 1.01. The van der Waals surface area contributed by atoms with Gasteiger partial charge in [0.1, 0.15) is 11.8 Å². The molecule has 4 aromatic rings. The molecule has 0 unspecified atom stereocenters. The number of methoxy groups -OCH3 is 4. The second kappa shape index (κ2) is 16.0. The van der Waals surface area contributed by atoms with Crippen molar-refractivity contribution in [2.75, 3.05) is 58.5 Å². The summed E-state index contributed by atoms with van der Waals surface area (Å²) < 4.78 is 22.2. The number of rotatable bonds is 14. The van der Waals surface area contributed by atoms with Crippen LogP contribution in [0.4, 0.5) is 11.4 Å². The fourth-order valence-corrected chi connectivity index (χ4v) is 5.84. The topological polar surface area (TPSA) is 115 Å². The third-order valence-electron chi connectivity index (χ3n) is 7.33. The highest BCUT2D eigenvalue weighted by atomic mass is 32.2. The van der Waals surface area contributed by atoms with E-state index in [0.717, 1.165) is 22.6 Å². The highest BCUT2D eigenvalue weighted by Crippen LogP contribution is 2.41. The van der Waals surface area contributed by atoms with Crippen molar-refractivity contribution in [1.29, 1.82) is 0 Å². The highest BCUT2D eigenvalue weighted by molar-refractivity contribution is 7.99. The van der Waals surface area contributed by atoms with E-state index in [-0.39, 0.29) is 18.2 Å².